The fourth-order valence-corrected chi connectivity index (χ4v) is 1.23. The van der Waals surface area contributed by atoms with Gasteiger partial charge in [-0.2, -0.15) is 0 Å². The molecule has 1 aromatic carbocycles. The predicted molar refractivity (Wildman–Crippen MR) is 58.9 cm³/mol. The van der Waals surface area contributed by atoms with E-state index in [0.717, 1.165) is 0 Å². The molecule has 0 amide bonds. The molecule has 4 N–H and O–H groups in total. The summed E-state index contributed by atoms with van der Waals surface area (Å²) in [5.74, 6) is -0.456. The number of nitrogen functional groups attached to an aromatic ring is 1. The Bertz CT molecular complexity index is 328. The fourth-order valence-electron chi connectivity index (χ4n) is 1.23. The first-order valence-corrected chi connectivity index (χ1v) is 4.97. The SMILES string of the molecule is CC(C)NCC(O)c1ccc(F)c(N)c1. The third kappa shape index (κ3) is 3.49. The van der Waals surface area contributed by atoms with Gasteiger partial charge in [-0.25, -0.2) is 4.39 Å². The number of halogens is 1. The molecule has 3 nitrogen and oxygen atoms in total. The summed E-state index contributed by atoms with van der Waals surface area (Å²) in [7, 11) is 0. The van der Waals surface area contributed by atoms with Crippen LogP contribution in [0.25, 0.3) is 0 Å². The van der Waals surface area contributed by atoms with Crippen molar-refractivity contribution in [3.8, 4) is 0 Å². The van der Waals surface area contributed by atoms with Crippen LogP contribution in [0.5, 0.6) is 0 Å². The van der Waals surface area contributed by atoms with Crippen molar-refractivity contribution in [1.82, 2.24) is 5.32 Å². The van der Waals surface area contributed by atoms with Crippen molar-refractivity contribution < 1.29 is 9.50 Å². The summed E-state index contributed by atoms with van der Waals surface area (Å²) in [6.45, 7) is 4.42. The molecule has 0 saturated heterocycles. The van der Waals surface area contributed by atoms with Gasteiger partial charge in [0, 0.05) is 12.6 Å². The van der Waals surface area contributed by atoms with Crippen LogP contribution in [0.15, 0.2) is 18.2 Å². The van der Waals surface area contributed by atoms with Crippen LogP contribution >= 0.6 is 0 Å². The summed E-state index contributed by atoms with van der Waals surface area (Å²) >= 11 is 0. The molecule has 0 aromatic heterocycles. The van der Waals surface area contributed by atoms with E-state index >= 15 is 0 Å². The first-order chi connectivity index (χ1) is 7.00. The number of aliphatic hydroxyl groups is 1. The second-order valence-electron chi connectivity index (χ2n) is 3.86. The first-order valence-electron chi connectivity index (χ1n) is 4.97. The van der Waals surface area contributed by atoms with Gasteiger partial charge in [-0.1, -0.05) is 19.9 Å². The van der Waals surface area contributed by atoms with E-state index in [1.165, 1.54) is 12.1 Å². The van der Waals surface area contributed by atoms with Crippen LogP contribution in [0.4, 0.5) is 10.1 Å². The lowest BCUT2D eigenvalue weighted by Gasteiger charge is -2.14. The second kappa shape index (κ2) is 5.09. The molecule has 0 aliphatic carbocycles. The maximum absolute atomic E-state index is 12.9. The Labute approximate surface area is 89.1 Å². The summed E-state index contributed by atoms with van der Waals surface area (Å²) < 4.78 is 12.9. The quantitative estimate of drug-likeness (QED) is 0.662. The largest absolute Gasteiger partial charge is 0.396 e. The van der Waals surface area contributed by atoms with Crippen LogP contribution in [0, 0.1) is 5.82 Å². The van der Waals surface area contributed by atoms with Gasteiger partial charge in [0.25, 0.3) is 0 Å². The normalized spacial score (nSPS) is 13.1. The Kier molecular flexibility index (Phi) is 4.05. The minimum atomic E-state index is -0.657. The van der Waals surface area contributed by atoms with Crippen molar-refractivity contribution in [1.29, 1.82) is 0 Å². The molecule has 1 atom stereocenters. The highest BCUT2D eigenvalue weighted by Gasteiger charge is 2.09. The van der Waals surface area contributed by atoms with Crippen LogP contribution in [-0.2, 0) is 0 Å². The predicted octanol–water partition coefficient (Wildman–Crippen LogP) is 1.44. The fraction of sp³-hybridized carbons (Fsp3) is 0.455. The summed E-state index contributed by atoms with van der Waals surface area (Å²) in [6, 6.07) is 4.57. The van der Waals surface area contributed by atoms with Crippen LogP contribution in [-0.4, -0.2) is 17.7 Å². The number of aliphatic hydroxyl groups excluding tert-OH is 1. The Morgan fingerprint density at radius 2 is 2.13 bits per heavy atom. The third-order valence-corrected chi connectivity index (χ3v) is 2.12. The highest BCUT2D eigenvalue weighted by Crippen LogP contribution is 2.18. The van der Waals surface area contributed by atoms with Gasteiger partial charge in [0.1, 0.15) is 5.82 Å². The molecular weight excluding hydrogens is 195 g/mol. The van der Waals surface area contributed by atoms with E-state index in [2.05, 4.69) is 5.32 Å². The van der Waals surface area contributed by atoms with Gasteiger partial charge in [0.15, 0.2) is 0 Å². The molecule has 1 rings (SSSR count). The van der Waals surface area contributed by atoms with Crippen LogP contribution in [0.2, 0.25) is 0 Å². The highest BCUT2D eigenvalue weighted by atomic mass is 19.1. The number of benzene rings is 1. The second-order valence-corrected chi connectivity index (χ2v) is 3.86. The average molecular weight is 212 g/mol. The smallest absolute Gasteiger partial charge is 0.146 e. The lowest BCUT2D eigenvalue weighted by atomic mass is 10.1. The topological polar surface area (TPSA) is 58.3 Å². The Morgan fingerprint density at radius 3 is 2.67 bits per heavy atom. The molecule has 1 unspecified atom stereocenters. The van der Waals surface area contributed by atoms with Crippen molar-refractivity contribution in [2.45, 2.75) is 26.0 Å². The van der Waals surface area contributed by atoms with E-state index in [4.69, 9.17) is 5.73 Å². The molecule has 15 heavy (non-hydrogen) atoms. The summed E-state index contributed by atoms with van der Waals surface area (Å²) in [6.07, 6.45) is -0.657. The van der Waals surface area contributed by atoms with Crippen LogP contribution in [0.1, 0.15) is 25.5 Å². The Morgan fingerprint density at radius 1 is 1.47 bits per heavy atom. The Balaban J connectivity index is 2.65. The zero-order valence-electron chi connectivity index (χ0n) is 9.00. The van der Waals surface area contributed by atoms with Crippen molar-refractivity contribution in [2.24, 2.45) is 0 Å². The zero-order valence-corrected chi connectivity index (χ0v) is 9.00. The number of anilines is 1. The molecule has 0 spiro atoms. The van der Waals surface area contributed by atoms with Crippen molar-refractivity contribution in [3.63, 3.8) is 0 Å². The summed E-state index contributed by atoms with van der Waals surface area (Å²) in [4.78, 5) is 0. The lowest BCUT2D eigenvalue weighted by molar-refractivity contribution is 0.171. The van der Waals surface area contributed by atoms with Crippen LogP contribution < -0.4 is 11.1 Å². The van der Waals surface area contributed by atoms with Crippen molar-refractivity contribution >= 4 is 5.69 Å². The van der Waals surface area contributed by atoms with Gasteiger partial charge >= 0.3 is 0 Å². The molecule has 0 bridgehead atoms. The summed E-state index contributed by atoms with van der Waals surface area (Å²) in [5.41, 5.74) is 6.10. The van der Waals surface area contributed by atoms with E-state index in [0.29, 0.717) is 18.2 Å². The molecule has 4 heteroatoms. The maximum Gasteiger partial charge on any atom is 0.146 e. The monoisotopic (exact) mass is 212 g/mol. The zero-order chi connectivity index (χ0) is 11.4. The van der Waals surface area contributed by atoms with E-state index in [-0.39, 0.29) is 5.69 Å². The third-order valence-electron chi connectivity index (χ3n) is 2.12. The Hall–Kier alpha value is -1.13. The van der Waals surface area contributed by atoms with E-state index in [9.17, 15) is 9.50 Å². The molecule has 84 valence electrons. The number of nitrogens with two attached hydrogens (primary N) is 1. The van der Waals surface area contributed by atoms with Crippen molar-refractivity contribution in [3.05, 3.63) is 29.6 Å². The minimum Gasteiger partial charge on any atom is -0.396 e. The van der Waals surface area contributed by atoms with Gasteiger partial charge in [-0.3, -0.25) is 0 Å². The summed E-state index contributed by atoms with van der Waals surface area (Å²) in [5, 5.41) is 12.8. The van der Waals surface area contributed by atoms with Gasteiger partial charge in [-0.15, -0.1) is 0 Å². The van der Waals surface area contributed by atoms with Gasteiger partial charge in [0.05, 0.1) is 11.8 Å². The molecule has 0 aliphatic rings. The van der Waals surface area contributed by atoms with Gasteiger partial charge < -0.3 is 16.2 Å². The molecule has 0 aliphatic heterocycles. The maximum atomic E-state index is 12.9. The van der Waals surface area contributed by atoms with Crippen LogP contribution in [0.3, 0.4) is 0 Å². The van der Waals surface area contributed by atoms with Crippen molar-refractivity contribution in [2.75, 3.05) is 12.3 Å². The van der Waals surface area contributed by atoms with E-state index in [1.54, 1.807) is 6.07 Å². The number of hydrogen-bond donors (Lipinski definition) is 3. The van der Waals surface area contributed by atoms with E-state index < -0.39 is 11.9 Å². The molecule has 0 heterocycles. The lowest BCUT2D eigenvalue weighted by Crippen LogP contribution is -2.27. The van der Waals surface area contributed by atoms with E-state index in [1.807, 2.05) is 13.8 Å². The van der Waals surface area contributed by atoms with Gasteiger partial charge in [0.2, 0.25) is 0 Å². The highest BCUT2D eigenvalue weighted by molar-refractivity contribution is 5.43. The molecule has 1 aromatic rings. The number of rotatable bonds is 4. The molecule has 0 fully saturated rings. The van der Waals surface area contributed by atoms with Gasteiger partial charge in [-0.05, 0) is 17.7 Å². The number of hydrogen-bond acceptors (Lipinski definition) is 3. The minimum absolute atomic E-state index is 0.0658. The standard InChI is InChI=1S/C11H17FN2O/c1-7(2)14-6-11(15)8-3-4-9(12)10(13)5-8/h3-5,7,11,14-15H,6,13H2,1-2H3. The number of nitrogens with one attached hydrogen (secondary N) is 1. The average Bonchev–Trinajstić information content (AvgIpc) is 2.18. The molecular formula is C11H17FN2O. The first kappa shape index (κ1) is 11.9. The molecule has 0 saturated carbocycles. The molecule has 0 radical (unpaired) electrons.